The van der Waals surface area contributed by atoms with Crippen LogP contribution in [-0.4, -0.2) is 4.18 Å². The van der Waals surface area contributed by atoms with Crippen LogP contribution in [0.1, 0.15) is 6.42 Å². The van der Waals surface area contributed by atoms with E-state index in [1.165, 1.54) is 0 Å². The van der Waals surface area contributed by atoms with Gasteiger partial charge in [0.2, 0.25) is 0 Å². The molecule has 0 spiro atoms. The second-order valence-corrected chi connectivity index (χ2v) is 2.03. The fraction of sp³-hybridized carbons (Fsp3) is 0.667. The molecule has 0 saturated carbocycles. The Hall–Kier alpha value is 0.660. The average molecular weight is 187 g/mol. The lowest BCUT2D eigenvalue weighted by Crippen LogP contribution is -1.77. The van der Waals surface area contributed by atoms with E-state index in [1.54, 1.807) is 22.6 Å². The molecule has 0 aliphatic rings. The third-order valence-electron chi connectivity index (χ3n) is 0.218. The molecule has 2 heteroatoms. The van der Waals surface area contributed by atoms with E-state index in [9.17, 15) is 4.39 Å². The number of alkyl halides is 2. The SMILES string of the molecule is [CH2]CC(F)I. The van der Waals surface area contributed by atoms with E-state index in [4.69, 9.17) is 0 Å². The minimum atomic E-state index is -0.757. The molecule has 0 aromatic heterocycles. The van der Waals surface area contributed by atoms with Gasteiger partial charge >= 0.3 is 0 Å². The predicted octanol–water partition coefficient (Wildman–Crippen LogP) is 1.94. The van der Waals surface area contributed by atoms with Gasteiger partial charge in [0.1, 0.15) is 0 Å². The van der Waals surface area contributed by atoms with Crippen LogP contribution in [0.5, 0.6) is 0 Å². The summed E-state index contributed by atoms with van der Waals surface area (Å²) in [7, 11) is 0. The van der Waals surface area contributed by atoms with Gasteiger partial charge in [-0.3, -0.25) is 0 Å². The molecule has 0 saturated heterocycles. The summed E-state index contributed by atoms with van der Waals surface area (Å²) in [5.74, 6) is 0. The van der Waals surface area contributed by atoms with E-state index in [-0.39, 0.29) is 0 Å². The predicted molar refractivity (Wildman–Crippen MR) is 28.9 cm³/mol. The van der Waals surface area contributed by atoms with Gasteiger partial charge in [-0.05, 0) is 35.9 Å². The molecule has 0 amide bonds. The summed E-state index contributed by atoms with van der Waals surface area (Å²) in [6.07, 6.45) is 0.376. The van der Waals surface area contributed by atoms with Crippen molar-refractivity contribution < 1.29 is 4.39 Å². The first-order chi connectivity index (χ1) is 2.27. The maximum absolute atomic E-state index is 11.4. The number of hydrogen-bond acceptors (Lipinski definition) is 0. The molecule has 0 heterocycles. The highest BCUT2D eigenvalue weighted by atomic mass is 127. The van der Waals surface area contributed by atoms with Crippen molar-refractivity contribution in [1.29, 1.82) is 0 Å². The lowest BCUT2D eigenvalue weighted by atomic mass is 10.6. The van der Waals surface area contributed by atoms with E-state index in [0.29, 0.717) is 6.42 Å². The largest absolute Gasteiger partial charge is 0.236 e. The molecular formula is C3H5FI. The Labute approximate surface area is 44.9 Å². The highest BCUT2D eigenvalue weighted by Crippen LogP contribution is 2.03. The van der Waals surface area contributed by atoms with Gasteiger partial charge in [0.15, 0.2) is 4.18 Å². The first kappa shape index (κ1) is 5.66. The number of rotatable bonds is 1. The van der Waals surface area contributed by atoms with E-state index in [2.05, 4.69) is 6.92 Å². The molecule has 5 heavy (non-hydrogen) atoms. The van der Waals surface area contributed by atoms with Crippen molar-refractivity contribution in [3.05, 3.63) is 6.92 Å². The highest BCUT2D eigenvalue weighted by Gasteiger charge is 1.88. The van der Waals surface area contributed by atoms with Gasteiger partial charge in [0.25, 0.3) is 0 Å². The van der Waals surface area contributed by atoms with Gasteiger partial charge in [-0.1, -0.05) is 0 Å². The van der Waals surface area contributed by atoms with Crippen molar-refractivity contribution >= 4 is 22.6 Å². The van der Waals surface area contributed by atoms with Crippen molar-refractivity contribution in [2.24, 2.45) is 0 Å². The number of halogens is 2. The first-order valence-electron chi connectivity index (χ1n) is 1.34. The molecule has 31 valence electrons. The summed E-state index contributed by atoms with van der Waals surface area (Å²) in [5.41, 5.74) is 0. The fourth-order valence-corrected chi connectivity index (χ4v) is 0. The lowest BCUT2D eigenvalue weighted by Gasteiger charge is -1.83. The molecule has 0 aromatic carbocycles. The monoisotopic (exact) mass is 187 g/mol. The Morgan fingerprint density at radius 1 is 2.00 bits per heavy atom. The first-order valence-corrected chi connectivity index (χ1v) is 2.59. The van der Waals surface area contributed by atoms with Gasteiger partial charge in [-0.2, -0.15) is 0 Å². The smallest absolute Gasteiger partial charge is 0.151 e. The van der Waals surface area contributed by atoms with E-state index < -0.39 is 4.18 Å². The quantitative estimate of drug-likeness (QED) is 0.434. The molecule has 0 aliphatic heterocycles. The topological polar surface area (TPSA) is 0 Å². The summed E-state index contributed by atoms with van der Waals surface area (Å²) in [6, 6.07) is 0. The third kappa shape index (κ3) is 4.66. The van der Waals surface area contributed by atoms with Gasteiger partial charge < -0.3 is 0 Å². The minimum absolute atomic E-state index is 0.376. The zero-order valence-electron chi connectivity index (χ0n) is 2.75. The molecule has 1 atom stereocenters. The number of hydrogen-bond donors (Lipinski definition) is 0. The highest BCUT2D eigenvalue weighted by molar-refractivity contribution is 14.1. The van der Waals surface area contributed by atoms with E-state index in [1.807, 2.05) is 0 Å². The molecular weight excluding hydrogens is 182 g/mol. The van der Waals surface area contributed by atoms with Gasteiger partial charge in [0.05, 0.1) is 0 Å². The summed E-state index contributed by atoms with van der Waals surface area (Å²) < 4.78 is 10.6. The molecule has 0 bridgehead atoms. The summed E-state index contributed by atoms with van der Waals surface area (Å²) >= 11 is 1.68. The molecule has 1 unspecified atom stereocenters. The molecule has 0 N–H and O–H groups in total. The molecule has 0 aliphatic carbocycles. The lowest BCUT2D eigenvalue weighted by molar-refractivity contribution is 0.476. The van der Waals surface area contributed by atoms with Gasteiger partial charge in [-0.25, -0.2) is 4.39 Å². The van der Waals surface area contributed by atoms with E-state index >= 15 is 0 Å². The van der Waals surface area contributed by atoms with Crippen molar-refractivity contribution in [1.82, 2.24) is 0 Å². The maximum atomic E-state index is 11.4. The van der Waals surface area contributed by atoms with Crippen molar-refractivity contribution in [2.45, 2.75) is 10.6 Å². The molecule has 1 radical (unpaired) electrons. The second-order valence-electron chi connectivity index (χ2n) is 0.680. The summed E-state index contributed by atoms with van der Waals surface area (Å²) in [4.78, 5) is 0. The summed E-state index contributed by atoms with van der Waals surface area (Å²) in [6.45, 7) is 3.30. The van der Waals surface area contributed by atoms with Crippen molar-refractivity contribution in [3.8, 4) is 0 Å². The molecule has 0 nitrogen and oxygen atoms in total. The minimum Gasteiger partial charge on any atom is -0.236 e. The molecule has 0 rings (SSSR count). The maximum Gasteiger partial charge on any atom is 0.151 e. The van der Waals surface area contributed by atoms with Crippen LogP contribution in [0.2, 0.25) is 0 Å². The Kier molecular flexibility index (Phi) is 3.25. The normalized spacial score (nSPS) is 15.0. The van der Waals surface area contributed by atoms with E-state index in [0.717, 1.165) is 0 Å². The average Bonchev–Trinajstić information content (AvgIpc) is 1.38. The second kappa shape index (κ2) is 2.87. The Morgan fingerprint density at radius 3 is 2.20 bits per heavy atom. The van der Waals surface area contributed by atoms with Crippen molar-refractivity contribution in [3.63, 3.8) is 0 Å². The van der Waals surface area contributed by atoms with Gasteiger partial charge in [-0.15, -0.1) is 0 Å². The third-order valence-corrected chi connectivity index (χ3v) is 0.841. The Bertz CT molecular complexity index is 20.9. The van der Waals surface area contributed by atoms with Crippen molar-refractivity contribution in [2.75, 3.05) is 0 Å². The van der Waals surface area contributed by atoms with Crippen LogP contribution in [0, 0.1) is 6.92 Å². The van der Waals surface area contributed by atoms with Crippen LogP contribution in [-0.2, 0) is 0 Å². The van der Waals surface area contributed by atoms with Crippen LogP contribution in [0.3, 0.4) is 0 Å². The van der Waals surface area contributed by atoms with Crippen LogP contribution >= 0.6 is 22.6 Å². The van der Waals surface area contributed by atoms with Crippen LogP contribution < -0.4 is 0 Å². The summed E-state index contributed by atoms with van der Waals surface area (Å²) in [5, 5.41) is 0. The van der Waals surface area contributed by atoms with Crippen LogP contribution in [0.15, 0.2) is 0 Å². The standard InChI is InChI=1S/C3H5FI/c1-2-3(4)5/h3H,1-2H2. The van der Waals surface area contributed by atoms with Crippen LogP contribution in [0.4, 0.5) is 4.39 Å². The fourth-order valence-electron chi connectivity index (χ4n) is 0. The van der Waals surface area contributed by atoms with Crippen LogP contribution in [0.25, 0.3) is 0 Å². The molecule has 0 fully saturated rings. The Morgan fingerprint density at radius 2 is 2.20 bits per heavy atom. The zero-order valence-corrected chi connectivity index (χ0v) is 4.90. The Balaban J connectivity index is 2.54. The zero-order chi connectivity index (χ0) is 4.28. The molecule has 0 aromatic rings. The van der Waals surface area contributed by atoms with Gasteiger partial charge in [0, 0.05) is 0 Å².